The highest BCUT2D eigenvalue weighted by atomic mass is 35.5. The average molecular weight is 385 g/mol. The summed E-state index contributed by atoms with van der Waals surface area (Å²) >= 11 is 11.1. The summed E-state index contributed by atoms with van der Waals surface area (Å²) in [4.78, 5) is 0. The minimum atomic E-state index is -1.23. The standard InChI is InChI=1S/C16H12ClF3N4S/c17-5-8-2-15-10(7-22-24-15)3-14(8)23-16(25)21-6-9-1-12(19)13(20)4-11(9)18/h1-4,7H,5-6H2,(H,22,24)(H2,21,23,25). The summed E-state index contributed by atoms with van der Waals surface area (Å²) < 4.78 is 39.8. The van der Waals surface area contributed by atoms with Crippen molar-refractivity contribution in [3.63, 3.8) is 0 Å². The second kappa shape index (κ2) is 7.28. The first-order valence-corrected chi connectivity index (χ1v) is 8.12. The van der Waals surface area contributed by atoms with E-state index in [2.05, 4.69) is 20.8 Å². The largest absolute Gasteiger partial charge is 0.358 e. The maximum atomic E-state index is 13.6. The van der Waals surface area contributed by atoms with Crippen LogP contribution in [0.25, 0.3) is 10.9 Å². The molecule has 0 fully saturated rings. The molecule has 3 aromatic rings. The van der Waals surface area contributed by atoms with E-state index >= 15 is 0 Å². The number of H-pyrrole nitrogens is 1. The topological polar surface area (TPSA) is 52.7 Å². The molecular weight excluding hydrogens is 373 g/mol. The Morgan fingerprint density at radius 2 is 1.84 bits per heavy atom. The van der Waals surface area contributed by atoms with Gasteiger partial charge in [-0.3, -0.25) is 5.10 Å². The zero-order chi connectivity index (χ0) is 18.0. The van der Waals surface area contributed by atoms with Gasteiger partial charge in [0.25, 0.3) is 0 Å². The molecule has 0 unspecified atom stereocenters. The Labute approximate surface area is 151 Å². The average Bonchev–Trinajstić information content (AvgIpc) is 3.03. The lowest BCUT2D eigenvalue weighted by Crippen LogP contribution is -2.28. The van der Waals surface area contributed by atoms with Crippen molar-refractivity contribution in [1.82, 2.24) is 15.5 Å². The Bertz CT molecular complexity index is 945. The summed E-state index contributed by atoms with van der Waals surface area (Å²) in [7, 11) is 0. The molecule has 25 heavy (non-hydrogen) atoms. The molecule has 0 aliphatic carbocycles. The number of nitrogens with one attached hydrogen (secondary N) is 3. The van der Waals surface area contributed by atoms with Crippen molar-refractivity contribution in [2.75, 3.05) is 5.32 Å². The van der Waals surface area contributed by atoms with Gasteiger partial charge in [-0.2, -0.15) is 5.10 Å². The van der Waals surface area contributed by atoms with E-state index in [1.165, 1.54) is 0 Å². The van der Waals surface area contributed by atoms with E-state index < -0.39 is 17.5 Å². The van der Waals surface area contributed by atoms with Gasteiger partial charge in [0.05, 0.1) is 11.7 Å². The molecule has 0 bridgehead atoms. The fourth-order valence-electron chi connectivity index (χ4n) is 2.30. The first-order chi connectivity index (χ1) is 12.0. The number of anilines is 1. The van der Waals surface area contributed by atoms with Gasteiger partial charge in [-0.25, -0.2) is 13.2 Å². The lowest BCUT2D eigenvalue weighted by molar-refractivity contribution is 0.489. The molecule has 130 valence electrons. The number of hydrogen-bond acceptors (Lipinski definition) is 2. The van der Waals surface area contributed by atoms with Crippen LogP contribution in [0.5, 0.6) is 0 Å². The highest BCUT2D eigenvalue weighted by Crippen LogP contribution is 2.24. The van der Waals surface area contributed by atoms with Crippen LogP contribution in [0.15, 0.2) is 30.5 Å². The Morgan fingerprint density at radius 1 is 1.08 bits per heavy atom. The molecule has 3 N–H and O–H groups in total. The molecule has 4 nitrogen and oxygen atoms in total. The van der Waals surface area contributed by atoms with Crippen molar-refractivity contribution in [2.45, 2.75) is 12.4 Å². The zero-order valence-electron chi connectivity index (χ0n) is 12.7. The number of aromatic nitrogens is 2. The van der Waals surface area contributed by atoms with Crippen LogP contribution in [0.4, 0.5) is 18.9 Å². The third-order valence-electron chi connectivity index (χ3n) is 3.58. The van der Waals surface area contributed by atoms with Gasteiger partial charge >= 0.3 is 0 Å². The Kier molecular flexibility index (Phi) is 5.10. The smallest absolute Gasteiger partial charge is 0.171 e. The molecule has 1 heterocycles. The predicted molar refractivity (Wildman–Crippen MR) is 95.0 cm³/mol. The summed E-state index contributed by atoms with van der Waals surface area (Å²) in [6, 6.07) is 4.96. The van der Waals surface area contributed by atoms with Gasteiger partial charge in [0.2, 0.25) is 0 Å². The van der Waals surface area contributed by atoms with Gasteiger partial charge in [-0.15, -0.1) is 11.6 Å². The van der Waals surface area contributed by atoms with Crippen molar-refractivity contribution < 1.29 is 13.2 Å². The molecule has 3 rings (SSSR count). The van der Waals surface area contributed by atoms with Crippen LogP contribution in [0.3, 0.4) is 0 Å². The van der Waals surface area contributed by atoms with E-state index in [4.69, 9.17) is 23.8 Å². The van der Waals surface area contributed by atoms with Crippen molar-refractivity contribution in [3.05, 3.63) is 59.0 Å². The van der Waals surface area contributed by atoms with Crippen LogP contribution < -0.4 is 10.6 Å². The highest BCUT2D eigenvalue weighted by molar-refractivity contribution is 7.80. The maximum absolute atomic E-state index is 13.6. The SMILES string of the molecule is Fc1cc(F)c(CNC(=S)Nc2cc3cn[nH]c3cc2CCl)cc1F. The van der Waals surface area contributed by atoms with Crippen LogP contribution >= 0.6 is 23.8 Å². The van der Waals surface area contributed by atoms with Crippen molar-refractivity contribution in [1.29, 1.82) is 0 Å². The van der Waals surface area contributed by atoms with Gasteiger partial charge < -0.3 is 10.6 Å². The molecule has 2 aromatic carbocycles. The molecule has 0 amide bonds. The minimum absolute atomic E-state index is 0.0362. The number of halogens is 4. The van der Waals surface area contributed by atoms with Crippen LogP contribution in [-0.4, -0.2) is 15.3 Å². The predicted octanol–water partition coefficient (Wildman–Crippen LogP) is 4.21. The van der Waals surface area contributed by atoms with Crippen LogP contribution in [0.1, 0.15) is 11.1 Å². The molecule has 0 atom stereocenters. The summed E-state index contributed by atoms with van der Waals surface area (Å²) in [6.45, 7) is -0.0982. The van der Waals surface area contributed by atoms with Crippen LogP contribution in [-0.2, 0) is 12.4 Å². The number of alkyl halides is 1. The van der Waals surface area contributed by atoms with Crippen LogP contribution in [0, 0.1) is 17.5 Å². The molecule has 9 heteroatoms. The van der Waals surface area contributed by atoms with E-state index in [9.17, 15) is 13.2 Å². The quantitative estimate of drug-likeness (QED) is 0.358. The fraction of sp³-hybridized carbons (Fsp3) is 0.125. The van der Waals surface area contributed by atoms with Gasteiger partial charge in [-0.1, -0.05) is 0 Å². The molecule has 0 saturated carbocycles. The fourth-order valence-corrected chi connectivity index (χ4v) is 2.71. The van der Waals surface area contributed by atoms with Crippen LogP contribution in [0.2, 0.25) is 0 Å². The Morgan fingerprint density at radius 3 is 2.60 bits per heavy atom. The number of rotatable bonds is 4. The monoisotopic (exact) mass is 384 g/mol. The molecule has 0 radical (unpaired) electrons. The minimum Gasteiger partial charge on any atom is -0.358 e. The summed E-state index contributed by atoms with van der Waals surface area (Å²) in [6.07, 6.45) is 1.66. The third kappa shape index (κ3) is 3.85. The summed E-state index contributed by atoms with van der Waals surface area (Å²) in [5.74, 6) is -2.96. The van der Waals surface area contributed by atoms with Gasteiger partial charge in [0, 0.05) is 35.1 Å². The molecule has 0 saturated heterocycles. The first-order valence-electron chi connectivity index (χ1n) is 7.18. The Hall–Kier alpha value is -2.32. The Balaban J connectivity index is 1.71. The third-order valence-corrected chi connectivity index (χ3v) is 4.12. The summed E-state index contributed by atoms with van der Waals surface area (Å²) in [5.41, 5.74) is 2.27. The van der Waals surface area contributed by atoms with Gasteiger partial charge in [0.15, 0.2) is 16.7 Å². The number of benzene rings is 2. The number of nitrogens with zero attached hydrogens (tertiary/aromatic N) is 1. The van der Waals surface area contributed by atoms with Crippen molar-refractivity contribution >= 4 is 45.5 Å². The number of fused-ring (bicyclic) bond motifs is 1. The highest BCUT2D eigenvalue weighted by Gasteiger charge is 2.11. The molecule has 1 aromatic heterocycles. The van der Waals surface area contributed by atoms with E-state index in [1.54, 1.807) is 6.20 Å². The number of hydrogen-bond donors (Lipinski definition) is 3. The molecule has 0 aliphatic rings. The van der Waals surface area contributed by atoms with Crippen molar-refractivity contribution in [3.8, 4) is 0 Å². The molecular formula is C16H12ClF3N4S. The van der Waals surface area contributed by atoms with Crippen molar-refractivity contribution in [2.24, 2.45) is 0 Å². The van der Waals surface area contributed by atoms with E-state index in [1.807, 2.05) is 12.1 Å². The zero-order valence-corrected chi connectivity index (χ0v) is 14.2. The normalized spacial score (nSPS) is 10.9. The summed E-state index contributed by atoms with van der Waals surface area (Å²) in [5, 5.41) is 13.6. The van der Waals surface area contributed by atoms with E-state index in [0.29, 0.717) is 11.8 Å². The van der Waals surface area contributed by atoms with E-state index in [-0.39, 0.29) is 23.1 Å². The second-order valence-electron chi connectivity index (χ2n) is 5.27. The number of thiocarbonyl (C=S) groups is 1. The first kappa shape index (κ1) is 17.5. The van der Waals surface area contributed by atoms with Gasteiger partial charge in [-0.05, 0) is 36.0 Å². The molecule has 0 aliphatic heterocycles. The van der Waals surface area contributed by atoms with E-state index in [0.717, 1.165) is 22.5 Å². The molecule has 0 spiro atoms. The lowest BCUT2D eigenvalue weighted by atomic mass is 10.1. The maximum Gasteiger partial charge on any atom is 0.171 e. The second-order valence-corrected chi connectivity index (χ2v) is 5.94. The lowest BCUT2D eigenvalue weighted by Gasteiger charge is -2.14. The number of aromatic amines is 1. The van der Waals surface area contributed by atoms with Gasteiger partial charge in [0.1, 0.15) is 5.82 Å².